The van der Waals surface area contributed by atoms with Gasteiger partial charge in [0.05, 0.1) is 51.7 Å². The van der Waals surface area contributed by atoms with Crippen molar-refractivity contribution in [3.05, 3.63) is 49.4 Å². The summed E-state index contributed by atoms with van der Waals surface area (Å²) in [6.45, 7) is 10.7. The molecule has 0 spiro atoms. The molecule has 0 aromatic heterocycles. The molecule has 0 aliphatic heterocycles. The van der Waals surface area contributed by atoms with Gasteiger partial charge in [0.15, 0.2) is 0 Å². The largest absolute Gasteiger partial charge is 0.429 e. The second-order valence-electron chi connectivity index (χ2n) is 6.76. The second kappa shape index (κ2) is 16.8. The molecule has 8 heteroatoms. The van der Waals surface area contributed by atoms with Gasteiger partial charge in [-0.25, -0.2) is 0 Å². The minimum Gasteiger partial charge on any atom is -0.429 e. The van der Waals surface area contributed by atoms with E-state index in [-0.39, 0.29) is 12.8 Å². The molecular weight excluding hydrogens is 416 g/mol. The smallest absolute Gasteiger partial charge is 0.415 e. The van der Waals surface area contributed by atoms with Gasteiger partial charge in [0.2, 0.25) is 0 Å². The van der Waals surface area contributed by atoms with Crippen molar-refractivity contribution in [1.82, 2.24) is 0 Å². The van der Waals surface area contributed by atoms with E-state index in [1.807, 2.05) is 27.7 Å². The normalized spacial score (nSPS) is 12.6. The summed E-state index contributed by atoms with van der Waals surface area (Å²) in [7, 11) is 0. The minimum atomic E-state index is -1.66. The van der Waals surface area contributed by atoms with Gasteiger partial charge in [-0.15, -0.1) is 0 Å². The fourth-order valence-electron chi connectivity index (χ4n) is 1.94. The van der Waals surface area contributed by atoms with Gasteiger partial charge in [0, 0.05) is 0 Å². The molecule has 0 radical (unpaired) electrons. The highest BCUT2D eigenvalue weighted by Crippen LogP contribution is 2.20. The van der Waals surface area contributed by atoms with Crippen molar-refractivity contribution in [3.63, 3.8) is 0 Å². The van der Waals surface area contributed by atoms with E-state index in [1.165, 1.54) is 38.9 Å². The number of rotatable bonds is 17. The Hall–Kier alpha value is -2.90. The van der Waals surface area contributed by atoms with Crippen LogP contribution in [0.4, 0.5) is 0 Å². The lowest BCUT2D eigenvalue weighted by atomic mass is 10.3. The van der Waals surface area contributed by atoms with E-state index >= 15 is 0 Å². The predicted octanol–water partition coefficient (Wildman–Crippen LogP) is 5.96. The van der Waals surface area contributed by atoms with Crippen LogP contribution in [0.15, 0.2) is 49.4 Å². The average Bonchev–Trinajstić information content (AvgIpc) is 2.73. The molecule has 0 saturated heterocycles. The summed E-state index contributed by atoms with van der Waals surface area (Å²) in [6.07, 6.45) is 15.0. The molecule has 0 aromatic rings. The molecule has 0 bridgehead atoms. The Balaban J connectivity index is 4.93. The number of allylic oxidation sites excluding steroid dienone is 4. The minimum absolute atomic E-state index is 0.248. The molecule has 0 amide bonds. The van der Waals surface area contributed by atoms with E-state index in [0.717, 1.165) is 25.7 Å². The van der Waals surface area contributed by atoms with Crippen molar-refractivity contribution in [3.8, 4) is 0 Å². The lowest BCUT2D eigenvalue weighted by molar-refractivity contribution is -0.315. The Morgan fingerprint density at radius 3 is 1.03 bits per heavy atom. The van der Waals surface area contributed by atoms with Crippen molar-refractivity contribution < 1.29 is 38.0 Å². The molecule has 0 saturated carbocycles. The third-order valence-electron chi connectivity index (χ3n) is 3.59. The highest BCUT2D eigenvalue weighted by Gasteiger charge is 2.34. The van der Waals surface area contributed by atoms with Gasteiger partial charge in [-0.2, -0.15) is 0 Å². The SMILES string of the molecule is CC/C=C/OC(C)(O/C=C/CC)OC(=O)CCC(=O)OC(C)(O/C=C/CC)O/C=C/CC. The molecule has 32 heavy (non-hydrogen) atoms. The number of carbonyl (C=O) groups excluding carboxylic acids is 2. The van der Waals surface area contributed by atoms with E-state index in [9.17, 15) is 9.59 Å². The van der Waals surface area contributed by atoms with Gasteiger partial charge in [-0.05, 0) is 50.0 Å². The third kappa shape index (κ3) is 14.2. The maximum absolute atomic E-state index is 12.3. The second-order valence-corrected chi connectivity index (χ2v) is 6.76. The van der Waals surface area contributed by atoms with Crippen LogP contribution in [0.5, 0.6) is 0 Å². The highest BCUT2D eigenvalue weighted by molar-refractivity contribution is 5.77. The predicted molar refractivity (Wildman–Crippen MR) is 120 cm³/mol. The van der Waals surface area contributed by atoms with Crippen LogP contribution in [0.2, 0.25) is 0 Å². The summed E-state index contributed by atoms with van der Waals surface area (Å²) in [5.74, 6) is -4.71. The summed E-state index contributed by atoms with van der Waals surface area (Å²) in [5.41, 5.74) is 0. The van der Waals surface area contributed by atoms with Gasteiger partial charge in [0.1, 0.15) is 0 Å². The Morgan fingerprint density at radius 1 is 0.562 bits per heavy atom. The summed E-state index contributed by atoms with van der Waals surface area (Å²) < 4.78 is 32.2. The maximum Gasteiger partial charge on any atom is 0.415 e. The Morgan fingerprint density at radius 2 is 0.812 bits per heavy atom. The molecule has 8 nitrogen and oxygen atoms in total. The van der Waals surface area contributed by atoms with E-state index in [2.05, 4.69) is 0 Å². The summed E-state index contributed by atoms with van der Waals surface area (Å²) in [5, 5.41) is 0. The van der Waals surface area contributed by atoms with Gasteiger partial charge in [0.25, 0.3) is 0 Å². The molecule has 182 valence electrons. The monoisotopic (exact) mass is 454 g/mol. The lowest BCUT2D eigenvalue weighted by Crippen LogP contribution is -2.36. The van der Waals surface area contributed by atoms with Crippen LogP contribution in [0.25, 0.3) is 0 Å². The topological polar surface area (TPSA) is 89.5 Å². The maximum atomic E-state index is 12.3. The van der Waals surface area contributed by atoms with E-state index in [4.69, 9.17) is 28.4 Å². The van der Waals surface area contributed by atoms with Crippen molar-refractivity contribution in [1.29, 1.82) is 0 Å². The first kappa shape index (κ1) is 29.1. The molecule has 0 heterocycles. The molecule has 0 aliphatic carbocycles. The number of hydrogen-bond acceptors (Lipinski definition) is 8. The molecule has 0 unspecified atom stereocenters. The van der Waals surface area contributed by atoms with E-state index in [0.29, 0.717) is 0 Å². The van der Waals surface area contributed by atoms with Crippen molar-refractivity contribution in [2.75, 3.05) is 0 Å². The zero-order chi connectivity index (χ0) is 24.3. The van der Waals surface area contributed by atoms with Crippen LogP contribution >= 0.6 is 0 Å². The van der Waals surface area contributed by atoms with Crippen LogP contribution in [0.3, 0.4) is 0 Å². The third-order valence-corrected chi connectivity index (χ3v) is 3.59. The highest BCUT2D eigenvalue weighted by atomic mass is 16.9. The van der Waals surface area contributed by atoms with Crippen LogP contribution in [-0.2, 0) is 38.0 Å². The first-order valence-corrected chi connectivity index (χ1v) is 11.0. The van der Waals surface area contributed by atoms with Crippen LogP contribution in [0, 0.1) is 0 Å². The summed E-state index contributed by atoms with van der Waals surface area (Å²) >= 11 is 0. The zero-order valence-corrected chi connectivity index (χ0v) is 20.1. The van der Waals surface area contributed by atoms with Crippen LogP contribution < -0.4 is 0 Å². The van der Waals surface area contributed by atoms with Crippen molar-refractivity contribution in [2.45, 2.75) is 92.0 Å². The molecule has 0 atom stereocenters. The van der Waals surface area contributed by atoms with Gasteiger partial charge < -0.3 is 28.4 Å². The van der Waals surface area contributed by atoms with Gasteiger partial charge in [-0.1, -0.05) is 27.7 Å². The number of hydrogen-bond donors (Lipinski definition) is 0. The molecule has 0 fully saturated rings. The number of ether oxygens (including phenoxy) is 6. The first-order valence-electron chi connectivity index (χ1n) is 11.0. The summed E-state index contributed by atoms with van der Waals surface area (Å²) in [6, 6.07) is 0. The Labute approximate surface area is 191 Å². The molecule has 0 aromatic carbocycles. The van der Waals surface area contributed by atoms with Crippen molar-refractivity contribution >= 4 is 11.9 Å². The fraction of sp³-hybridized carbons (Fsp3) is 0.583. The van der Waals surface area contributed by atoms with E-state index < -0.39 is 23.9 Å². The molecule has 0 rings (SSSR count). The number of carbonyl (C=O) groups is 2. The quantitative estimate of drug-likeness (QED) is 0.151. The van der Waals surface area contributed by atoms with E-state index in [1.54, 1.807) is 24.3 Å². The molecule has 0 N–H and O–H groups in total. The van der Waals surface area contributed by atoms with Gasteiger partial charge in [-0.3, -0.25) is 9.59 Å². The van der Waals surface area contributed by atoms with Crippen molar-refractivity contribution in [2.24, 2.45) is 0 Å². The first-order chi connectivity index (χ1) is 15.2. The zero-order valence-electron chi connectivity index (χ0n) is 20.1. The number of esters is 2. The molecule has 0 aliphatic rings. The molecular formula is C24H38O8. The lowest BCUT2D eigenvalue weighted by Gasteiger charge is -2.27. The Bertz CT molecular complexity index is 560. The van der Waals surface area contributed by atoms with Crippen LogP contribution in [0.1, 0.15) is 80.1 Å². The standard InChI is InChI=1S/C24H38O8/c1-7-11-17-27-23(5,28-18-12-8-2)31-21(25)15-16-22(26)32-24(6,29-19-13-9-3)30-20-14-10-4/h11-14,17-20H,7-10,15-16H2,1-6H3/b17-11+,18-12+,19-13+,20-14+. The van der Waals surface area contributed by atoms with Crippen LogP contribution in [-0.4, -0.2) is 23.9 Å². The fourth-order valence-corrected chi connectivity index (χ4v) is 1.94. The Kier molecular flexibility index (Phi) is 15.2. The van der Waals surface area contributed by atoms with Gasteiger partial charge >= 0.3 is 23.9 Å². The summed E-state index contributed by atoms with van der Waals surface area (Å²) in [4.78, 5) is 24.6. The average molecular weight is 455 g/mol.